The van der Waals surface area contributed by atoms with E-state index in [-0.39, 0.29) is 12.1 Å². The minimum atomic E-state index is 0.0647. The maximum atomic E-state index is 12.8. The maximum absolute atomic E-state index is 12.8. The van der Waals surface area contributed by atoms with Crippen LogP contribution in [-0.4, -0.2) is 12.1 Å². The average molecular weight is 667 g/mol. The van der Waals surface area contributed by atoms with Crippen LogP contribution in [0.1, 0.15) is 215 Å². The second-order valence-electron chi connectivity index (χ2n) is 18.8. The number of ether oxygens (including phenoxy) is 1. The van der Waals surface area contributed by atoms with E-state index in [1.165, 1.54) is 141 Å². The molecule has 4 aliphatic carbocycles. The van der Waals surface area contributed by atoms with Crippen LogP contribution >= 0.6 is 0 Å². The number of fused-ring (bicyclic) bond motifs is 5. The van der Waals surface area contributed by atoms with Crippen molar-refractivity contribution < 1.29 is 9.53 Å². The molecule has 9 atom stereocenters. The Morgan fingerprint density at radius 1 is 0.750 bits per heavy atom. The third kappa shape index (κ3) is 10.6. The average Bonchev–Trinajstić information content (AvgIpc) is 3.42. The summed E-state index contributed by atoms with van der Waals surface area (Å²) in [6.45, 7) is 17.5. The molecule has 4 aliphatic rings. The molecule has 0 bridgehead atoms. The number of esters is 1. The highest BCUT2D eigenvalue weighted by Crippen LogP contribution is 2.67. The summed E-state index contributed by atoms with van der Waals surface area (Å²) in [6, 6.07) is 0. The Labute approximate surface area is 300 Å². The number of rotatable bonds is 22. The SMILES string of the molecule is CCCCCCCCCCCCCCCCCC(=O)OC1CCC2(C)C(=CCC3C2CCC2(C)C(C(C)CCC(C)C(C)C)CCC32)C1. The van der Waals surface area contributed by atoms with Crippen LogP contribution < -0.4 is 0 Å². The second-order valence-corrected chi connectivity index (χ2v) is 18.8. The van der Waals surface area contributed by atoms with Gasteiger partial charge < -0.3 is 4.74 Å². The molecule has 4 rings (SSSR count). The van der Waals surface area contributed by atoms with Crippen molar-refractivity contribution in [1.82, 2.24) is 0 Å². The fraction of sp³-hybridized carbons (Fsp3) is 0.935. The maximum Gasteiger partial charge on any atom is 0.306 e. The normalized spacial score (nSPS) is 32.7. The van der Waals surface area contributed by atoms with E-state index in [1.54, 1.807) is 5.57 Å². The standard InChI is InChI=1S/C46H82O2/c1-8-9-10-11-12-13-14-15-16-17-18-19-20-21-22-23-44(47)48-39-30-32-45(6)38(34-39)26-27-40-42-29-28-41(46(42,7)33-31-43(40)45)37(5)25-24-36(4)35(2)3/h26,35-37,39-43H,8-25,27-34H2,1-7H3. The number of hydrogen-bond donors (Lipinski definition) is 0. The van der Waals surface area contributed by atoms with Crippen molar-refractivity contribution in [3.63, 3.8) is 0 Å². The van der Waals surface area contributed by atoms with E-state index in [4.69, 9.17) is 4.74 Å². The lowest BCUT2D eigenvalue weighted by Crippen LogP contribution is -2.51. The molecule has 0 radical (unpaired) electrons. The highest BCUT2D eigenvalue weighted by atomic mass is 16.5. The zero-order valence-electron chi connectivity index (χ0n) is 33.4. The Balaban J connectivity index is 1.11. The molecule has 278 valence electrons. The van der Waals surface area contributed by atoms with Crippen LogP contribution in [0, 0.1) is 52.3 Å². The highest BCUT2D eigenvalue weighted by Gasteiger charge is 2.59. The smallest absolute Gasteiger partial charge is 0.306 e. The van der Waals surface area contributed by atoms with Crippen LogP contribution in [0.4, 0.5) is 0 Å². The molecular weight excluding hydrogens is 585 g/mol. The number of allylic oxidation sites excluding steroid dienone is 1. The van der Waals surface area contributed by atoms with Crippen molar-refractivity contribution in [2.75, 3.05) is 0 Å². The van der Waals surface area contributed by atoms with E-state index in [1.807, 2.05) is 0 Å². The molecule has 0 saturated heterocycles. The largest absolute Gasteiger partial charge is 0.462 e. The third-order valence-corrected chi connectivity index (χ3v) is 15.3. The van der Waals surface area contributed by atoms with Gasteiger partial charge in [-0.1, -0.05) is 163 Å². The van der Waals surface area contributed by atoms with E-state index >= 15 is 0 Å². The molecule has 0 amide bonds. The Bertz CT molecular complexity index is 965. The van der Waals surface area contributed by atoms with Gasteiger partial charge in [-0.25, -0.2) is 0 Å². The first-order chi connectivity index (χ1) is 23.1. The van der Waals surface area contributed by atoms with Crippen molar-refractivity contribution in [3.8, 4) is 0 Å². The zero-order chi connectivity index (χ0) is 34.6. The predicted molar refractivity (Wildman–Crippen MR) is 207 cm³/mol. The van der Waals surface area contributed by atoms with Crippen LogP contribution in [0.5, 0.6) is 0 Å². The Morgan fingerprint density at radius 3 is 1.96 bits per heavy atom. The molecule has 48 heavy (non-hydrogen) atoms. The molecule has 9 unspecified atom stereocenters. The monoisotopic (exact) mass is 667 g/mol. The minimum absolute atomic E-state index is 0.0647. The van der Waals surface area contributed by atoms with Crippen molar-refractivity contribution in [2.45, 2.75) is 222 Å². The van der Waals surface area contributed by atoms with Crippen LogP contribution in [0.3, 0.4) is 0 Å². The molecule has 0 aliphatic heterocycles. The number of carbonyl (C=O) groups excluding carboxylic acids is 1. The summed E-state index contributed by atoms with van der Waals surface area (Å²) in [4.78, 5) is 12.8. The van der Waals surface area contributed by atoms with Crippen LogP contribution in [-0.2, 0) is 9.53 Å². The molecule has 0 aromatic rings. The molecule has 0 aromatic carbocycles. The van der Waals surface area contributed by atoms with Crippen molar-refractivity contribution in [1.29, 1.82) is 0 Å². The van der Waals surface area contributed by atoms with Gasteiger partial charge in [-0.05, 0) is 104 Å². The van der Waals surface area contributed by atoms with E-state index in [2.05, 4.69) is 54.5 Å². The van der Waals surface area contributed by atoms with Gasteiger partial charge in [-0.15, -0.1) is 0 Å². The van der Waals surface area contributed by atoms with E-state index in [0.717, 1.165) is 60.7 Å². The summed E-state index contributed by atoms with van der Waals surface area (Å²) < 4.78 is 6.14. The van der Waals surface area contributed by atoms with Gasteiger partial charge in [-0.2, -0.15) is 0 Å². The lowest BCUT2D eigenvalue weighted by Gasteiger charge is -2.58. The summed E-state index contributed by atoms with van der Waals surface area (Å²) in [5.41, 5.74) is 2.52. The number of unbranched alkanes of at least 4 members (excludes halogenated alkanes) is 14. The molecule has 0 N–H and O–H groups in total. The van der Waals surface area contributed by atoms with Crippen LogP contribution in [0.25, 0.3) is 0 Å². The van der Waals surface area contributed by atoms with Gasteiger partial charge in [0.15, 0.2) is 0 Å². The summed E-state index contributed by atoms with van der Waals surface area (Å²) in [5, 5.41) is 0. The predicted octanol–water partition coefficient (Wildman–Crippen LogP) is 14.4. The molecule has 2 nitrogen and oxygen atoms in total. The van der Waals surface area contributed by atoms with E-state index < -0.39 is 0 Å². The first-order valence-corrected chi connectivity index (χ1v) is 22.0. The number of hydrogen-bond acceptors (Lipinski definition) is 2. The van der Waals surface area contributed by atoms with Gasteiger partial charge >= 0.3 is 5.97 Å². The van der Waals surface area contributed by atoms with Gasteiger partial charge in [0.05, 0.1) is 0 Å². The van der Waals surface area contributed by atoms with Gasteiger partial charge in [0.1, 0.15) is 6.10 Å². The highest BCUT2D eigenvalue weighted by molar-refractivity contribution is 5.69. The first-order valence-electron chi connectivity index (χ1n) is 22.0. The molecule has 2 heteroatoms. The van der Waals surface area contributed by atoms with Gasteiger partial charge in [0, 0.05) is 12.8 Å². The lowest BCUT2D eigenvalue weighted by atomic mass is 9.47. The van der Waals surface area contributed by atoms with Gasteiger partial charge in [-0.3, -0.25) is 4.79 Å². The van der Waals surface area contributed by atoms with Crippen molar-refractivity contribution in [3.05, 3.63) is 11.6 Å². The minimum Gasteiger partial charge on any atom is -0.462 e. The van der Waals surface area contributed by atoms with Gasteiger partial charge in [0.25, 0.3) is 0 Å². The quantitative estimate of drug-likeness (QED) is 0.0653. The van der Waals surface area contributed by atoms with Crippen LogP contribution in [0.15, 0.2) is 11.6 Å². The topological polar surface area (TPSA) is 26.3 Å². The summed E-state index contributed by atoms with van der Waals surface area (Å²) >= 11 is 0. The Morgan fingerprint density at radius 2 is 1.35 bits per heavy atom. The van der Waals surface area contributed by atoms with Crippen molar-refractivity contribution >= 4 is 5.97 Å². The second kappa shape index (κ2) is 19.7. The molecule has 0 spiro atoms. The van der Waals surface area contributed by atoms with E-state index in [9.17, 15) is 4.79 Å². The first kappa shape index (κ1) is 40.0. The summed E-state index contributed by atoms with van der Waals surface area (Å²) in [6.07, 6.45) is 36.9. The molecular formula is C46H82O2. The molecule has 0 heterocycles. The summed E-state index contributed by atoms with van der Waals surface area (Å²) in [7, 11) is 0. The zero-order valence-corrected chi connectivity index (χ0v) is 33.4. The van der Waals surface area contributed by atoms with E-state index in [0.29, 0.717) is 17.3 Å². The molecule has 3 saturated carbocycles. The molecule has 0 aromatic heterocycles. The fourth-order valence-corrected chi connectivity index (χ4v) is 11.6. The fourth-order valence-electron chi connectivity index (χ4n) is 11.6. The van der Waals surface area contributed by atoms with Gasteiger partial charge in [0.2, 0.25) is 0 Å². The Kier molecular flexibility index (Phi) is 16.4. The lowest BCUT2D eigenvalue weighted by molar-refractivity contribution is -0.151. The summed E-state index contributed by atoms with van der Waals surface area (Å²) in [5.74, 6) is 6.11. The third-order valence-electron chi connectivity index (χ3n) is 15.3. The van der Waals surface area contributed by atoms with Crippen LogP contribution in [0.2, 0.25) is 0 Å². The molecule has 3 fully saturated rings. The van der Waals surface area contributed by atoms with Crippen molar-refractivity contribution in [2.24, 2.45) is 52.3 Å². The Hall–Kier alpha value is -0.790. The number of carbonyl (C=O) groups is 1.